The van der Waals surface area contributed by atoms with Crippen molar-refractivity contribution in [1.82, 2.24) is 4.72 Å². The molecule has 3 heterocycles. The molecule has 2 aromatic rings. The molecule has 3 fully saturated rings. The number of nitrogens with zero attached hydrogens (tertiary/aromatic N) is 2. The van der Waals surface area contributed by atoms with Gasteiger partial charge in [0.2, 0.25) is 0 Å². The van der Waals surface area contributed by atoms with Crippen LogP contribution < -0.4 is 14.4 Å². The van der Waals surface area contributed by atoms with Crippen molar-refractivity contribution in [3.05, 3.63) is 70.3 Å². The Hall–Kier alpha value is -2.96. The Kier molecular flexibility index (Phi) is 10.4. The number of rotatable bonds is 5. The van der Waals surface area contributed by atoms with E-state index in [1.54, 1.807) is 20.1 Å². The standard InChI is InChI=1S/C41H52ClN3O7S/c1-25-5-4-6-37(49-3)32-10-7-28(32)21-45-23-41(20-29-17-33(29)34-19-30(42)9-11-35(34)41)24-52-38-12-8-27(18-36(38)45)40(47)44-53(48,26(25)2)43-39(46)22-51-31-13-15-50-16-14-31/h4,6,8-9,11-12,18-19,25-26,28-29,31-33,37H,5,7,10,13-17,20-24H2,1-3H3,(H,43,44,46,47,48)/b6-4+. The summed E-state index contributed by atoms with van der Waals surface area (Å²) in [6.45, 7) is 6.70. The number of carbonyl (C=O) groups excluding carboxylic acids is 2. The molecule has 53 heavy (non-hydrogen) atoms. The van der Waals surface area contributed by atoms with E-state index in [1.165, 1.54) is 17.5 Å². The van der Waals surface area contributed by atoms with Gasteiger partial charge in [-0.3, -0.25) is 14.3 Å². The minimum atomic E-state index is -3.58. The lowest BCUT2D eigenvalue weighted by Gasteiger charge is -2.46. The average molecular weight is 766 g/mol. The first-order valence-corrected chi connectivity index (χ1v) is 21.3. The van der Waals surface area contributed by atoms with Gasteiger partial charge in [-0.25, -0.2) is 4.21 Å². The highest BCUT2D eigenvalue weighted by molar-refractivity contribution is 7.93. The van der Waals surface area contributed by atoms with Crippen molar-refractivity contribution in [2.75, 3.05) is 51.5 Å². The number of amides is 2. The zero-order chi connectivity index (χ0) is 36.9. The van der Waals surface area contributed by atoms with Crippen LogP contribution in [-0.4, -0.2) is 80.1 Å². The van der Waals surface area contributed by atoms with Gasteiger partial charge in [-0.05, 0) is 123 Å². The number of methoxy groups -OCH3 is 1. The Morgan fingerprint density at radius 2 is 1.94 bits per heavy atom. The average Bonchev–Trinajstić information content (AvgIpc) is 3.94. The van der Waals surface area contributed by atoms with E-state index in [1.807, 2.05) is 25.1 Å². The van der Waals surface area contributed by atoms with E-state index in [0.717, 1.165) is 43.1 Å². The molecule has 9 atom stereocenters. The first-order chi connectivity index (χ1) is 25.6. The number of ether oxygens (including phenoxy) is 4. The van der Waals surface area contributed by atoms with Crippen LogP contribution in [0.4, 0.5) is 5.69 Å². The van der Waals surface area contributed by atoms with E-state index < -0.39 is 27.0 Å². The van der Waals surface area contributed by atoms with Crippen LogP contribution >= 0.6 is 11.6 Å². The fourth-order valence-corrected chi connectivity index (χ4v) is 11.5. The number of halogens is 1. The van der Waals surface area contributed by atoms with Crippen molar-refractivity contribution in [1.29, 1.82) is 0 Å². The number of allylic oxidation sites excluding steroid dienone is 1. The second kappa shape index (κ2) is 14.9. The highest BCUT2D eigenvalue weighted by Crippen LogP contribution is 2.61. The molecular formula is C41H52ClN3O7S. The van der Waals surface area contributed by atoms with Crippen LogP contribution in [0.1, 0.15) is 86.2 Å². The minimum Gasteiger partial charge on any atom is -0.490 e. The molecule has 2 aromatic carbocycles. The summed E-state index contributed by atoms with van der Waals surface area (Å²) in [6, 6.07) is 11.8. The molecule has 1 saturated heterocycles. The quantitative estimate of drug-likeness (QED) is 0.329. The van der Waals surface area contributed by atoms with E-state index in [9.17, 15) is 13.8 Å². The number of benzene rings is 2. The maximum absolute atomic E-state index is 14.8. The van der Waals surface area contributed by atoms with Crippen LogP contribution in [0.15, 0.2) is 52.9 Å². The molecular weight excluding hydrogens is 714 g/mol. The highest BCUT2D eigenvalue weighted by Gasteiger charge is 2.54. The first-order valence-electron chi connectivity index (χ1n) is 19.4. The Bertz CT molecular complexity index is 1890. The molecule has 2 bridgehead atoms. The minimum absolute atomic E-state index is 0.0606. The fraction of sp³-hybridized carbons (Fsp3) is 0.610. The molecule has 1 N–H and O–H groups in total. The normalized spacial score (nSPS) is 36.0. The van der Waals surface area contributed by atoms with Crippen molar-refractivity contribution < 1.29 is 32.7 Å². The summed E-state index contributed by atoms with van der Waals surface area (Å²) in [7, 11) is -1.80. The third-order valence-corrected chi connectivity index (χ3v) is 15.6. The molecule has 10 nitrogen and oxygen atoms in total. The molecule has 286 valence electrons. The lowest BCUT2D eigenvalue weighted by atomic mass is 9.68. The fourth-order valence-electron chi connectivity index (χ4n) is 9.44. The van der Waals surface area contributed by atoms with Crippen molar-refractivity contribution >= 4 is 39.0 Å². The van der Waals surface area contributed by atoms with E-state index in [4.69, 9.17) is 30.5 Å². The first kappa shape index (κ1) is 37.0. The molecule has 2 saturated carbocycles. The van der Waals surface area contributed by atoms with Crippen LogP contribution in [0.5, 0.6) is 5.75 Å². The van der Waals surface area contributed by atoms with Crippen LogP contribution in [0.25, 0.3) is 0 Å². The number of carbonyl (C=O) groups is 2. The van der Waals surface area contributed by atoms with Crippen LogP contribution in [0, 0.1) is 23.7 Å². The zero-order valence-corrected chi connectivity index (χ0v) is 32.5. The van der Waals surface area contributed by atoms with Gasteiger partial charge in [0.1, 0.15) is 22.3 Å². The van der Waals surface area contributed by atoms with E-state index in [-0.39, 0.29) is 30.1 Å². The molecule has 1 spiro atoms. The summed E-state index contributed by atoms with van der Waals surface area (Å²) < 4.78 is 45.9. The van der Waals surface area contributed by atoms with Crippen LogP contribution in [0.2, 0.25) is 5.02 Å². The van der Waals surface area contributed by atoms with Crippen LogP contribution in [-0.2, 0) is 34.3 Å². The van der Waals surface area contributed by atoms with Gasteiger partial charge in [0.25, 0.3) is 11.8 Å². The Balaban J connectivity index is 1.16. The second-order valence-corrected chi connectivity index (χ2v) is 19.0. The predicted molar refractivity (Wildman–Crippen MR) is 205 cm³/mol. The summed E-state index contributed by atoms with van der Waals surface area (Å²) in [5.41, 5.74) is 3.55. The van der Waals surface area contributed by atoms with Gasteiger partial charge in [0.15, 0.2) is 0 Å². The van der Waals surface area contributed by atoms with Gasteiger partial charge in [-0.2, -0.15) is 0 Å². The molecule has 12 heteroatoms. The zero-order valence-electron chi connectivity index (χ0n) is 31.0. The van der Waals surface area contributed by atoms with Crippen LogP contribution in [0.3, 0.4) is 0 Å². The smallest absolute Gasteiger partial charge is 0.286 e. The Morgan fingerprint density at radius 3 is 2.72 bits per heavy atom. The van der Waals surface area contributed by atoms with Gasteiger partial charge in [0.05, 0.1) is 29.8 Å². The number of hydrogen-bond acceptors (Lipinski definition) is 8. The molecule has 8 rings (SSSR count). The molecule has 3 aliphatic heterocycles. The Morgan fingerprint density at radius 1 is 1.11 bits per heavy atom. The largest absolute Gasteiger partial charge is 0.490 e. The Labute approximate surface area is 318 Å². The molecule has 0 radical (unpaired) electrons. The molecule has 0 aromatic heterocycles. The van der Waals surface area contributed by atoms with Gasteiger partial charge < -0.3 is 23.8 Å². The highest BCUT2D eigenvalue weighted by atomic mass is 35.5. The maximum atomic E-state index is 14.8. The van der Waals surface area contributed by atoms with Crippen molar-refractivity contribution in [2.24, 2.45) is 28.0 Å². The monoisotopic (exact) mass is 765 g/mol. The van der Waals surface area contributed by atoms with E-state index in [0.29, 0.717) is 74.1 Å². The van der Waals surface area contributed by atoms with Gasteiger partial charge in [-0.15, -0.1) is 4.36 Å². The number of nitrogens with one attached hydrogen (secondary N) is 1. The summed E-state index contributed by atoms with van der Waals surface area (Å²) in [5.74, 6) is 1.24. The topological polar surface area (TPSA) is 116 Å². The van der Waals surface area contributed by atoms with Crippen molar-refractivity contribution in [3.8, 4) is 5.75 Å². The second-order valence-electron chi connectivity index (χ2n) is 16.3. The third-order valence-electron chi connectivity index (χ3n) is 13.0. The van der Waals surface area contributed by atoms with E-state index >= 15 is 0 Å². The summed E-state index contributed by atoms with van der Waals surface area (Å²) >= 11 is 6.55. The molecule has 2 amide bonds. The summed E-state index contributed by atoms with van der Waals surface area (Å²) in [5, 5.41) is 0.126. The molecule has 9 unspecified atom stereocenters. The SMILES string of the molecule is COC1/C=C/CC(C)C(C)S(=O)(NC(=O)COC2CCOCC2)=NC(=O)c2ccc3c(c2)N(CC2CCC21)CC1(CO3)CC2CC2c2cc(Cl)ccc21. The van der Waals surface area contributed by atoms with Crippen molar-refractivity contribution in [3.63, 3.8) is 0 Å². The third kappa shape index (κ3) is 7.41. The van der Waals surface area contributed by atoms with E-state index in [2.05, 4.69) is 38.3 Å². The predicted octanol–water partition coefficient (Wildman–Crippen LogP) is 6.84. The lowest BCUT2D eigenvalue weighted by Crippen LogP contribution is -2.49. The lowest BCUT2D eigenvalue weighted by molar-refractivity contribution is -0.128. The molecule has 3 aliphatic carbocycles. The number of fused-ring (bicyclic) bond motifs is 6. The van der Waals surface area contributed by atoms with Gasteiger partial charge >= 0.3 is 0 Å². The number of hydrogen-bond donors (Lipinski definition) is 1. The number of anilines is 1. The van der Waals surface area contributed by atoms with Gasteiger partial charge in [-0.1, -0.05) is 36.7 Å². The maximum Gasteiger partial charge on any atom is 0.286 e. The summed E-state index contributed by atoms with van der Waals surface area (Å²) in [4.78, 5) is 29.8. The molecule has 6 aliphatic rings. The van der Waals surface area contributed by atoms with Gasteiger partial charge in [0, 0.05) is 49.4 Å². The summed E-state index contributed by atoms with van der Waals surface area (Å²) in [6.07, 6.45) is 10.4. The van der Waals surface area contributed by atoms with Crippen molar-refractivity contribution in [2.45, 2.75) is 87.6 Å².